The minimum absolute atomic E-state index is 0.349. The standard InChI is InChI=1S/C25H30N2O7S2/c1-3-31-20-11-8-18(14-21(20)32-4-2)26-25(30)27-22(28)15-34-23(29)16-33-19-9-6-17(7-10-19)24-35-12-5-13-36-24/h6-11,14,24H,3-5,12-13,15-16H2,1-2H3,(H2,26,27,28,30). The molecular formula is C25H30N2O7S2. The summed E-state index contributed by atoms with van der Waals surface area (Å²) >= 11 is 3.86. The lowest BCUT2D eigenvalue weighted by Gasteiger charge is -2.21. The van der Waals surface area contributed by atoms with E-state index in [9.17, 15) is 14.4 Å². The summed E-state index contributed by atoms with van der Waals surface area (Å²) in [6.45, 7) is 3.62. The normalized spacial score (nSPS) is 13.4. The highest BCUT2D eigenvalue weighted by Crippen LogP contribution is 2.43. The molecule has 11 heteroatoms. The molecule has 0 radical (unpaired) electrons. The van der Waals surface area contributed by atoms with Gasteiger partial charge in [0.25, 0.3) is 5.91 Å². The van der Waals surface area contributed by atoms with Gasteiger partial charge < -0.3 is 24.3 Å². The number of amides is 3. The molecule has 194 valence electrons. The Morgan fingerprint density at radius 1 is 0.889 bits per heavy atom. The minimum atomic E-state index is -0.774. The van der Waals surface area contributed by atoms with Crippen LogP contribution in [0.3, 0.4) is 0 Å². The quantitative estimate of drug-likeness (QED) is 0.399. The van der Waals surface area contributed by atoms with Gasteiger partial charge in [0.2, 0.25) is 0 Å². The van der Waals surface area contributed by atoms with Gasteiger partial charge in [0.05, 0.1) is 17.8 Å². The van der Waals surface area contributed by atoms with Crippen LogP contribution in [0.25, 0.3) is 0 Å². The zero-order valence-corrected chi connectivity index (χ0v) is 21.9. The van der Waals surface area contributed by atoms with E-state index >= 15 is 0 Å². The van der Waals surface area contributed by atoms with Crippen molar-refractivity contribution < 1.29 is 33.3 Å². The number of thioether (sulfide) groups is 2. The van der Waals surface area contributed by atoms with E-state index in [1.807, 2.05) is 61.6 Å². The number of esters is 1. The van der Waals surface area contributed by atoms with Crippen molar-refractivity contribution >= 4 is 47.1 Å². The van der Waals surface area contributed by atoms with Crippen LogP contribution in [0.15, 0.2) is 42.5 Å². The summed E-state index contributed by atoms with van der Waals surface area (Å²) in [6.07, 6.45) is 1.23. The SMILES string of the molecule is CCOc1ccc(NC(=O)NC(=O)COC(=O)COc2ccc(C3SCCCS3)cc2)cc1OCC. The molecule has 0 saturated carbocycles. The van der Waals surface area contributed by atoms with Gasteiger partial charge in [-0.15, -0.1) is 23.5 Å². The van der Waals surface area contributed by atoms with Crippen LogP contribution in [-0.4, -0.2) is 55.8 Å². The lowest BCUT2D eigenvalue weighted by molar-refractivity contribution is -0.150. The molecule has 0 spiro atoms. The summed E-state index contributed by atoms with van der Waals surface area (Å²) in [5.74, 6) is 2.38. The molecule has 0 aromatic heterocycles. The van der Waals surface area contributed by atoms with E-state index < -0.39 is 24.5 Å². The third-order valence-electron chi connectivity index (χ3n) is 4.75. The predicted octanol–water partition coefficient (Wildman–Crippen LogP) is 4.62. The van der Waals surface area contributed by atoms with Crippen LogP contribution in [0.5, 0.6) is 17.2 Å². The average molecular weight is 535 g/mol. The van der Waals surface area contributed by atoms with Crippen molar-refractivity contribution in [3.05, 3.63) is 48.0 Å². The first kappa shape index (κ1) is 27.5. The second-order valence-corrected chi connectivity index (χ2v) is 10.2. The molecule has 0 bridgehead atoms. The van der Waals surface area contributed by atoms with Crippen LogP contribution in [0.4, 0.5) is 10.5 Å². The molecule has 1 fully saturated rings. The Kier molecular flexibility index (Phi) is 11.1. The van der Waals surface area contributed by atoms with Crippen molar-refractivity contribution in [2.75, 3.05) is 43.3 Å². The van der Waals surface area contributed by atoms with Gasteiger partial charge in [-0.2, -0.15) is 0 Å². The number of hydrogen-bond acceptors (Lipinski definition) is 9. The van der Waals surface area contributed by atoms with E-state index in [-0.39, 0.29) is 6.61 Å². The Balaban J connectivity index is 1.37. The lowest BCUT2D eigenvalue weighted by Crippen LogP contribution is -2.37. The topological polar surface area (TPSA) is 112 Å². The van der Waals surface area contributed by atoms with Gasteiger partial charge >= 0.3 is 12.0 Å². The van der Waals surface area contributed by atoms with Gasteiger partial charge in [0, 0.05) is 11.8 Å². The fourth-order valence-corrected chi connectivity index (χ4v) is 6.08. The van der Waals surface area contributed by atoms with E-state index in [1.165, 1.54) is 12.0 Å². The van der Waals surface area contributed by atoms with Crippen molar-refractivity contribution in [2.45, 2.75) is 24.9 Å². The third kappa shape index (κ3) is 8.87. The van der Waals surface area contributed by atoms with Crippen molar-refractivity contribution in [2.24, 2.45) is 0 Å². The first-order chi connectivity index (χ1) is 17.5. The van der Waals surface area contributed by atoms with E-state index in [0.29, 0.717) is 40.7 Å². The number of imide groups is 1. The van der Waals surface area contributed by atoms with Crippen molar-refractivity contribution in [1.29, 1.82) is 0 Å². The molecule has 1 saturated heterocycles. The number of carbonyl (C=O) groups excluding carboxylic acids is 3. The molecule has 1 heterocycles. The van der Waals surface area contributed by atoms with E-state index in [2.05, 4.69) is 10.6 Å². The van der Waals surface area contributed by atoms with Gasteiger partial charge in [-0.1, -0.05) is 12.1 Å². The van der Waals surface area contributed by atoms with Gasteiger partial charge in [0.1, 0.15) is 5.75 Å². The Bertz CT molecular complexity index is 1030. The second-order valence-electron chi connectivity index (χ2n) is 7.48. The molecule has 3 rings (SSSR count). The first-order valence-corrected chi connectivity index (χ1v) is 13.7. The van der Waals surface area contributed by atoms with E-state index in [0.717, 1.165) is 11.5 Å². The highest BCUT2D eigenvalue weighted by molar-refractivity contribution is 8.16. The van der Waals surface area contributed by atoms with Crippen LogP contribution in [0.1, 0.15) is 30.4 Å². The van der Waals surface area contributed by atoms with Crippen molar-refractivity contribution in [3.8, 4) is 17.2 Å². The molecule has 0 atom stereocenters. The highest BCUT2D eigenvalue weighted by Gasteiger charge is 2.17. The lowest BCUT2D eigenvalue weighted by atomic mass is 10.2. The number of urea groups is 1. The van der Waals surface area contributed by atoms with Gasteiger partial charge in [-0.25, -0.2) is 9.59 Å². The van der Waals surface area contributed by atoms with Gasteiger partial charge in [-0.05, 0) is 61.6 Å². The second kappa shape index (κ2) is 14.5. The third-order valence-corrected chi connectivity index (χ3v) is 7.77. The number of benzene rings is 2. The van der Waals surface area contributed by atoms with Crippen molar-refractivity contribution in [1.82, 2.24) is 5.32 Å². The molecule has 0 unspecified atom stereocenters. The maximum Gasteiger partial charge on any atom is 0.344 e. The average Bonchev–Trinajstić information content (AvgIpc) is 2.89. The van der Waals surface area contributed by atoms with Crippen molar-refractivity contribution in [3.63, 3.8) is 0 Å². The van der Waals surface area contributed by atoms with Gasteiger partial charge in [0.15, 0.2) is 24.7 Å². The van der Waals surface area contributed by atoms with E-state index in [1.54, 1.807) is 18.2 Å². The molecular weight excluding hydrogens is 504 g/mol. The molecule has 1 aliphatic heterocycles. The molecule has 2 N–H and O–H groups in total. The summed E-state index contributed by atoms with van der Waals surface area (Å²) < 4.78 is 21.7. The minimum Gasteiger partial charge on any atom is -0.490 e. The van der Waals surface area contributed by atoms with Crippen LogP contribution in [0.2, 0.25) is 0 Å². The zero-order chi connectivity index (χ0) is 25.8. The number of carbonyl (C=O) groups is 3. The fourth-order valence-electron chi connectivity index (χ4n) is 3.19. The Morgan fingerprint density at radius 3 is 2.28 bits per heavy atom. The summed E-state index contributed by atoms with van der Waals surface area (Å²) in [7, 11) is 0. The number of rotatable bonds is 11. The first-order valence-electron chi connectivity index (χ1n) is 11.6. The summed E-state index contributed by atoms with van der Waals surface area (Å²) in [4.78, 5) is 36.0. The Labute approximate surface area is 219 Å². The molecule has 1 aliphatic rings. The van der Waals surface area contributed by atoms with Crippen LogP contribution in [-0.2, 0) is 14.3 Å². The molecule has 2 aromatic rings. The number of nitrogens with one attached hydrogen (secondary N) is 2. The highest BCUT2D eigenvalue weighted by atomic mass is 32.2. The molecule has 36 heavy (non-hydrogen) atoms. The van der Waals surface area contributed by atoms with Crippen LogP contribution < -0.4 is 24.8 Å². The maximum atomic E-state index is 12.1. The largest absolute Gasteiger partial charge is 0.490 e. The smallest absolute Gasteiger partial charge is 0.344 e. The number of hydrogen-bond donors (Lipinski definition) is 2. The zero-order valence-electron chi connectivity index (χ0n) is 20.2. The van der Waals surface area contributed by atoms with Crippen LogP contribution in [0, 0.1) is 0 Å². The Hall–Kier alpha value is -3.05. The fraction of sp³-hybridized carbons (Fsp3) is 0.400. The molecule has 0 aliphatic carbocycles. The predicted molar refractivity (Wildman–Crippen MR) is 141 cm³/mol. The summed E-state index contributed by atoms with van der Waals surface area (Å²) in [6, 6.07) is 11.7. The van der Waals surface area contributed by atoms with Crippen LogP contribution >= 0.6 is 23.5 Å². The summed E-state index contributed by atoms with van der Waals surface area (Å²) in [5.41, 5.74) is 1.62. The molecule has 3 amide bonds. The monoisotopic (exact) mass is 534 g/mol. The summed E-state index contributed by atoms with van der Waals surface area (Å²) in [5, 5.41) is 4.63. The Morgan fingerprint density at radius 2 is 1.58 bits per heavy atom. The van der Waals surface area contributed by atoms with E-state index in [4.69, 9.17) is 18.9 Å². The van der Waals surface area contributed by atoms with Gasteiger partial charge in [-0.3, -0.25) is 10.1 Å². The number of ether oxygens (including phenoxy) is 4. The molecule has 9 nitrogen and oxygen atoms in total. The number of anilines is 1. The molecule has 2 aromatic carbocycles. The maximum absolute atomic E-state index is 12.1.